The van der Waals surface area contributed by atoms with Gasteiger partial charge in [-0.15, -0.1) is 0 Å². The van der Waals surface area contributed by atoms with Crippen molar-refractivity contribution in [1.29, 1.82) is 0 Å². The predicted molar refractivity (Wildman–Crippen MR) is 93.5 cm³/mol. The van der Waals surface area contributed by atoms with Gasteiger partial charge in [-0.25, -0.2) is 0 Å². The van der Waals surface area contributed by atoms with Crippen molar-refractivity contribution in [3.63, 3.8) is 0 Å². The van der Waals surface area contributed by atoms with Gasteiger partial charge in [-0.05, 0) is 29.8 Å². The van der Waals surface area contributed by atoms with Gasteiger partial charge in [0.1, 0.15) is 0 Å². The van der Waals surface area contributed by atoms with Crippen LogP contribution < -0.4 is 10.5 Å². The van der Waals surface area contributed by atoms with Crippen molar-refractivity contribution in [2.45, 2.75) is 18.8 Å². The second-order valence-electron chi connectivity index (χ2n) is 6.34. The normalized spacial score (nSPS) is 16.4. The first-order valence-electron chi connectivity index (χ1n) is 8.19. The van der Waals surface area contributed by atoms with E-state index >= 15 is 0 Å². The smallest absolute Gasteiger partial charge is 0.322 e. The fourth-order valence-electron chi connectivity index (χ4n) is 3.14. The molecule has 0 radical (unpaired) electrons. The Kier molecular flexibility index (Phi) is 3.79. The predicted octanol–water partition coefficient (Wildman–Crippen LogP) is 2.89. The first-order chi connectivity index (χ1) is 12.4. The van der Waals surface area contributed by atoms with Crippen LogP contribution >= 0.6 is 0 Å². The van der Waals surface area contributed by atoms with Crippen molar-refractivity contribution in [3.8, 4) is 0 Å². The van der Waals surface area contributed by atoms with E-state index < -0.39 is 18.3 Å². The number of benzene rings is 1. The number of aromatic amines is 1. The van der Waals surface area contributed by atoms with Gasteiger partial charge in [-0.1, -0.05) is 12.1 Å². The summed E-state index contributed by atoms with van der Waals surface area (Å²) in [5.74, 6) is -4.45. The van der Waals surface area contributed by atoms with E-state index in [-0.39, 0.29) is 12.1 Å². The highest BCUT2D eigenvalue weighted by Crippen LogP contribution is 2.32. The monoisotopic (exact) mass is 355 g/mol. The molecule has 3 heterocycles. The summed E-state index contributed by atoms with van der Waals surface area (Å²) in [5, 5.41) is 0.837. The van der Waals surface area contributed by atoms with E-state index in [1.807, 2.05) is 0 Å². The average molecular weight is 355 g/mol. The van der Waals surface area contributed by atoms with Crippen LogP contribution in [-0.2, 0) is 11.2 Å². The van der Waals surface area contributed by atoms with E-state index in [0.29, 0.717) is 17.7 Å². The van der Waals surface area contributed by atoms with Gasteiger partial charge in [0.15, 0.2) is 0 Å². The number of nitrogens with zero attached hydrogens (tertiary/aromatic N) is 2. The number of rotatable bonds is 3. The maximum Gasteiger partial charge on any atom is 0.326 e. The quantitative estimate of drug-likeness (QED) is 0.786. The molecule has 2 aromatic heterocycles. The molecule has 0 aliphatic carbocycles. The first kappa shape index (κ1) is 16.4. The molecule has 1 N–H and O–H groups in total. The molecule has 0 atom stereocenters. The van der Waals surface area contributed by atoms with Gasteiger partial charge >= 0.3 is 5.92 Å². The number of hydrogen-bond donors (Lipinski definition) is 1. The molecule has 1 aromatic carbocycles. The Balaban J connectivity index is 1.58. The Morgan fingerprint density at radius 3 is 2.62 bits per heavy atom. The third-order valence-electron chi connectivity index (χ3n) is 4.57. The van der Waals surface area contributed by atoms with E-state index in [2.05, 4.69) is 9.97 Å². The lowest BCUT2D eigenvalue weighted by Gasteiger charge is -2.16. The van der Waals surface area contributed by atoms with E-state index in [1.165, 1.54) is 0 Å². The van der Waals surface area contributed by atoms with Crippen LogP contribution in [0.4, 0.5) is 14.5 Å². The number of carbonyl (C=O) groups excluding carboxylic acids is 1. The Bertz CT molecular complexity index is 1040. The minimum absolute atomic E-state index is 0.00250. The van der Waals surface area contributed by atoms with Crippen LogP contribution in [0.2, 0.25) is 0 Å². The standard InChI is InChI=1S/C19H15F2N3O2/c20-19(21)6-8-24(18(19)26)15-3-1-12(2-4-15)9-13-10-14-11-22-7-5-16(14)23-17(13)25/h1-5,7,10-11H,6,8-9H2,(H,23,25). The number of alkyl halides is 2. The Labute approximate surface area is 147 Å². The van der Waals surface area contributed by atoms with Gasteiger partial charge in [0.05, 0.1) is 5.52 Å². The molecular weight excluding hydrogens is 340 g/mol. The summed E-state index contributed by atoms with van der Waals surface area (Å²) in [4.78, 5) is 31.9. The number of halogens is 2. The van der Waals surface area contributed by atoms with E-state index in [1.54, 1.807) is 48.8 Å². The molecule has 1 amide bonds. The van der Waals surface area contributed by atoms with E-state index in [0.717, 1.165) is 21.4 Å². The summed E-state index contributed by atoms with van der Waals surface area (Å²) in [7, 11) is 0. The Hall–Kier alpha value is -3.09. The van der Waals surface area contributed by atoms with Crippen LogP contribution in [0.5, 0.6) is 0 Å². The van der Waals surface area contributed by atoms with Gasteiger partial charge in [-0.3, -0.25) is 14.6 Å². The second-order valence-corrected chi connectivity index (χ2v) is 6.34. The zero-order valence-corrected chi connectivity index (χ0v) is 13.7. The third-order valence-corrected chi connectivity index (χ3v) is 4.57. The van der Waals surface area contributed by atoms with Crippen LogP contribution in [0, 0.1) is 0 Å². The first-order valence-corrected chi connectivity index (χ1v) is 8.19. The third kappa shape index (κ3) is 2.85. The zero-order chi connectivity index (χ0) is 18.3. The molecule has 4 rings (SSSR count). The van der Waals surface area contributed by atoms with Crippen LogP contribution in [0.25, 0.3) is 10.9 Å². The van der Waals surface area contributed by atoms with Crippen LogP contribution in [-0.4, -0.2) is 28.3 Å². The molecule has 26 heavy (non-hydrogen) atoms. The van der Waals surface area contributed by atoms with E-state index in [4.69, 9.17) is 0 Å². The fourth-order valence-corrected chi connectivity index (χ4v) is 3.14. The highest BCUT2D eigenvalue weighted by molar-refractivity contribution is 6.00. The Morgan fingerprint density at radius 2 is 1.92 bits per heavy atom. The summed E-state index contributed by atoms with van der Waals surface area (Å²) < 4.78 is 26.8. The number of anilines is 1. The van der Waals surface area contributed by atoms with Crippen molar-refractivity contribution in [2.24, 2.45) is 0 Å². The fraction of sp³-hybridized carbons (Fsp3) is 0.211. The van der Waals surface area contributed by atoms with Crippen LogP contribution in [0.15, 0.2) is 53.6 Å². The summed E-state index contributed by atoms with van der Waals surface area (Å²) in [6.45, 7) is 0.00250. The number of hydrogen-bond acceptors (Lipinski definition) is 3. The number of amides is 1. The average Bonchev–Trinajstić information content (AvgIpc) is 2.90. The summed E-state index contributed by atoms with van der Waals surface area (Å²) in [6.07, 6.45) is 3.22. The van der Waals surface area contributed by atoms with Crippen LogP contribution in [0.3, 0.4) is 0 Å². The molecule has 1 saturated heterocycles. The van der Waals surface area contributed by atoms with Crippen molar-refractivity contribution in [1.82, 2.24) is 9.97 Å². The van der Waals surface area contributed by atoms with Crippen molar-refractivity contribution < 1.29 is 13.6 Å². The molecule has 0 bridgehead atoms. The molecule has 1 fully saturated rings. The Morgan fingerprint density at radius 1 is 1.15 bits per heavy atom. The molecule has 132 valence electrons. The van der Waals surface area contributed by atoms with E-state index in [9.17, 15) is 18.4 Å². The molecular formula is C19H15F2N3O2. The molecule has 0 unspecified atom stereocenters. The summed E-state index contributed by atoms with van der Waals surface area (Å²) >= 11 is 0. The maximum atomic E-state index is 13.4. The largest absolute Gasteiger partial charge is 0.326 e. The van der Waals surface area contributed by atoms with Gasteiger partial charge < -0.3 is 9.88 Å². The molecule has 3 aromatic rings. The molecule has 0 spiro atoms. The number of aromatic nitrogens is 2. The second kappa shape index (κ2) is 6.01. The molecule has 7 heteroatoms. The maximum absolute atomic E-state index is 13.4. The van der Waals surface area contributed by atoms with Gasteiger partial charge in [0.25, 0.3) is 11.5 Å². The summed E-state index contributed by atoms with van der Waals surface area (Å²) in [5.41, 5.74) is 2.41. The minimum atomic E-state index is -3.29. The van der Waals surface area contributed by atoms with Crippen molar-refractivity contribution in [2.75, 3.05) is 11.4 Å². The van der Waals surface area contributed by atoms with Gasteiger partial charge in [-0.2, -0.15) is 8.78 Å². The van der Waals surface area contributed by atoms with Gasteiger partial charge in [0, 0.05) is 48.4 Å². The lowest BCUT2D eigenvalue weighted by atomic mass is 10.0. The highest BCUT2D eigenvalue weighted by atomic mass is 19.3. The summed E-state index contributed by atoms with van der Waals surface area (Å²) in [6, 6.07) is 10.3. The highest BCUT2D eigenvalue weighted by Gasteiger charge is 2.48. The zero-order valence-electron chi connectivity index (χ0n) is 13.7. The molecule has 5 nitrogen and oxygen atoms in total. The van der Waals surface area contributed by atoms with Crippen LogP contribution in [0.1, 0.15) is 17.5 Å². The minimum Gasteiger partial charge on any atom is -0.322 e. The molecule has 1 aliphatic heterocycles. The van der Waals surface area contributed by atoms with Crippen molar-refractivity contribution >= 4 is 22.5 Å². The lowest BCUT2D eigenvalue weighted by molar-refractivity contribution is -0.137. The van der Waals surface area contributed by atoms with Crippen molar-refractivity contribution in [3.05, 3.63) is 70.3 Å². The van der Waals surface area contributed by atoms with Gasteiger partial charge in [0.2, 0.25) is 0 Å². The SMILES string of the molecule is O=C1N(c2ccc(Cc3cc4cnccc4[nH]c3=O)cc2)CCC1(F)F. The molecule has 0 saturated carbocycles. The lowest BCUT2D eigenvalue weighted by Crippen LogP contribution is -2.33. The topological polar surface area (TPSA) is 66.1 Å². The number of H-pyrrole nitrogens is 1. The number of fused-ring (bicyclic) bond motifs is 1. The number of pyridine rings is 2. The number of nitrogens with one attached hydrogen (secondary N) is 1. The molecule has 1 aliphatic rings. The number of carbonyl (C=O) groups is 1.